The Balaban J connectivity index is 1.29. The van der Waals surface area contributed by atoms with Gasteiger partial charge in [0.25, 0.3) is 0 Å². The van der Waals surface area contributed by atoms with E-state index in [9.17, 15) is 19.8 Å². The number of carboxylic acid groups (broad SMARTS) is 1. The molecule has 0 spiro atoms. The Labute approximate surface area is 192 Å². The molecule has 0 fully saturated rings. The summed E-state index contributed by atoms with van der Waals surface area (Å²) in [6.07, 6.45) is 4.32. The van der Waals surface area contributed by atoms with Gasteiger partial charge in [0.05, 0.1) is 0 Å². The number of hydrogen-bond donors (Lipinski definition) is 3. The molecule has 1 amide bonds. The van der Waals surface area contributed by atoms with Crippen molar-refractivity contribution in [3.8, 4) is 16.9 Å². The van der Waals surface area contributed by atoms with Crippen LogP contribution in [0.4, 0.5) is 4.79 Å². The number of aliphatic carboxylic acids is 1. The van der Waals surface area contributed by atoms with Crippen molar-refractivity contribution in [1.29, 1.82) is 0 Å². The second-order valence-corrected chi connectivity index (χ2v) is 8.16. The number of pyridine rings is 1. The Bertz CT molecular complexity index is 1100. The number of fused-ring (bicyclic) bond motifs is 3. The number of aromatic hydroxyl groups is 1. The number of ether oxygens (including phenoxy) is 1. The van der Waals surface area contributed by atoms with E-state index < -0.39 is 18.1 Å². The Morgan fingerprint density at radius 1 is 0.970 bits per heavy atom. The van der Waals surface area contributed by atoms with Crippen LogP contribution >= 0.6 is 0 Å². The number of rotatable bonds is 9. The van der Waals surface area contributed by atoms with Crippen LogP contribution in [0.1, 0.15) is 36.3 Å². The van der Waals surface area contributed by atoms with Crippen LogP contribution in [-0.4, -0.2) is 34.9 Å². The van der Waals surface area contributed by atoms with Gasteiger partial charge >= 0.3 is 12.1 Å². The van der Waals surface area contributed by atoms with E-state index in [-0.39, 0.29) is 18.3 Å². The van der Waals surface area contributed by atoms with Crippen molar-refractivity contribution in [3.05, 3.63) is 84.2 Å². The molecule has 1 aliphatic carbocycles. The van der Waals surface area contributed by atoms with Crippen LogP contribution in [-0.2, 0) is 16.1 Å². The molecule has 0 saturated carbocycles. The number of carboxylic acids is 1. The van der Waals surface area contributed by atoms with Gasteiger partial charge in [0.1, 0.15) is 19.2 Å². The monoisotopic (exact) mass is 447 g/mol. The third kappa shape index (κ3) is 5.31. The highest BCUT2D eigenvalue weighted by Crippen LogP contribution is 2.44. The summed E-state index contributed by atoms with van der Waals surface area (Å²) in [6, 6.07) is 18.4. The summed E-state index contributed by atoms with van der Waals surface area (Å²) < 4.78 is 7.30. The fourth-order valence-electron chi connectivity index (χ4n) is 4.33. The molecule has 0 radical (unpaired) electrons. The van der Waals surface area contributed by atoms with Crippen LogP contribution in [0.5, 0.6) is 5.75 Å². The first kappa shape index (κ1) is 22.3. The molecule has 0 bridgehead atoms. The topological polar surface area (TPSA) is 99.7 Å². The number of carbonyl (C=O) groups is 2. The van der Waals surface area contributed by atoms with E-state index in [0.29, 0.717) is 25.8 Å². The molecule has 1 aliphatic rings. The highest BCUT2D eigenvalue weighted by Gasteiger charge is 2.29. The second-order valence-electron chi connectivity index (χ2n) is 8.16. The average molecular weight is 448 g/mol. The van der Waals surface area contributed by atoms with Gasteiger partial charge in [0.2, 0.25) is 6.20 Å². The summed E-state index contributed by atoms with van der Waals surface area (Å²) in [4.78, 5) is 24.0. The average Bonchev–Trinajstić information content (AvgIpc) is 3.13. The molecule has 1 atom stereocenters. The number of nitrogens with one attached hydrogen (secondary N) is 1. The van der Waals surface area contributed by atoms with Gasteiger partial charge in [0.15, 0.2) is 11.9 Å². The number of hydrogen-bond acceptors (Lipinski definition) is 4. The van der Waals surface area contributed by atoms with Gasteiger partial charge in [-0.1, -0.05) is 48.5 Å². The smallest absolute Gasteiger partial charge is 0.407 e. The van der Waals surface area contributed by atoms with Crippen molar-refractivity contribution < 1.29 is 29.1 Å². The predicted octanol–water partition coefficient (Wildman–Crippen LogP) is 3.84. The van der Waals surface area contributed by atoms with Gasteiger partial charge in [-0.05, 0) is 41.2 Å². The van der Waals surface area contributed by atoms with E-state index in [1.54, 1.807) is 18.3 Å². The molecule has 0 saturated heterocycles. The van der Waals surface area contributed by atoms with Crippen molar-refractivity contribution in [1.82, 2.24) is 5.32 Å². The molecule has 1 aromatic heterocycles. The van der Waals surface area contributed by atoms with Crippen LogP contribution in [0.25, 0.3) is 11.1 Å². The molecular formula is C26H27N2O5+. The van der Waals surface area contributed by atoms with E-state index in [1.165, 1.54) is 0 Å². The minimum absolute atomic E-state index is 0.0780. The van der Waals surface area contributed by atoms with Gasteiger partial charge in [-0.2, -0.15) is 0 Å². The van der Waals surface area contributed by atoms with Crippen molar-refractivity contribution in [2.24, 2.45) is 0 Å². The zero-order valence-electron chi connectivity index (χ0n) is 18.2. The summed E-state index contributed by atoms with van der Waals surface area (Å²) in [7, 11) is 0. The fraction of sp³-hybridized carbons (Fsp3) is 0.269. The number of aryl methyl sites for hydroxylation is 1. The molecular weight excluding hydrogens is 420 g/mol. The largest absolute Gasteiger partial charge is 0.503 e. The SMILES string of the molecule is O=C(N[C@@H](CCCC[n+]1cccc(O)c1)C(=O)O)OCC1c2ccccc2-c2ccccc21. The molecule has 3 N–H and O–H groups in total. The fourth-order valence-corrected chi connectivity index (χ4v) is 4.33. The highest BCUT2D eigenvalue weighted by molar-refractivity contribution is 5.81. The minimum Gasteiger partial charge on any atom is -0.503 e. The van der Waals surface area contributed by atoms with Gasteiger partial charge in [-0.3, -0.25) is 0 Å². The lowest BCUT2D eigenvalue weighted by Crippen LogP contribution is -2.41. The normalized spacial score (nSPS) is 13.1. The van der Waals surface area contributed by atoms with Crippen molar-refractivity contribution >= 4 is 12.1 Å². The lowest BCUT2D eigenvalue weighted by Gasteiger charge is -2.17. The lowest BCUT2D eigenvalue weighted by molar-refractivity contribution is -0.697. The Morgan fingerprint density at radius 2 is 1.64 bits per heavy atom. The zero-order chi connectivity index (χ0) is 23.2. The molecule has 7 nitrogen and oxygen atoms in total. The quantitative estimate of drug-likeness (QED) is 0.342. The summed E-state index contributed by atoms with van der Waals surface area (Å²) in [5, 5.41) is 21.5. The van der Waals surface area contributed by atoms with E-state index >= 15 is 0 Å². The molecule has 0 unspecified atom stereocenters. The zero-order valence-corrected chi connectivity index (χ0v) is 18.2. The van der Waals surface area contributed by atoms with Crippen molar-refractivity contribution in [3.63, 3.8) is 0 Å². The van der Waals surface area contributed by atoms with Gasteiger partial charge < -0.3 is 20.3 Å². The number of nitrogens with zero attached hydrogens (tertiary/aromatic N) is 1. The number of carbonyl (C=O) groups excluding carboxylic acids is 1. The maximum atomic E-state index is 12.4. The van der Waals surface area contributed by atoms with E-state index in [1.807, 2.05) is 47.2 Å². The first-order chi connectivity index (χ1) is 16.0. The molecule has 33 heavy (non-hydrogen) atoms. The summed E-state index contributed by atoms with van der Waals surface area (Å²) in [6.45, 7) is 0.784. The number of amides is 1. The Kier molecular flexibility index (Phi) is 6.88. The maximum absolute atomic E-state index is 12.4. The third-order valence-corrected chi connectivity index (χ3v) is 5.94. The predicted molar refractivity (Wildman–Crippen MR) is 122 cm³/mol. The Morgan fingerprint density at radius 3 is 2.27 bits per heavy atom. The minimum atomic E-state index is -1.09. The molecule has 170 valence electrons. The van der Waals surface area contributed by atoms with Gasteiger partial charge in [0, 0.05) is 18.4 Å². The van der Waals surface area contributed by atoms with E-state index in [2.05, 4.69) is 17.4 Å². The Hall–Kier alpha value is -3.87. The van der Waals surface area contributed by atoms with Crippen molar-refractivity contribution in [2.45, 2.75) is 37.8 Å². The third-order valence-electron chi connectivity index (χ3n) is 5.94. The maximum Gasteiger partial charge on any atom is 0.407 e. The summed E-state index contributed by atoms with van der Waals surface area (Å²) in [5.74, 6) is -0.989. The van der Waals surface area contributed by atoms with Crippen LogP contribution in [0.15, 0.2) is 73.1 Å². The molecule has 4 rings (SSSR count). The van der Waals surface area contributed by atoms with E-state index in [0.717, 1.165) is 22.3 Å². The van der Waals surface area contributed by atoms with E-state index in [4.69, 9.17) is 4.74 Å². The molecule has 1 heterocycles. The summed E-state index contributed by atoms with van der Waals surface area (Å²) >= 11 is 0. The van der Waals surface area contributed by atoms with Crippen LogP contribution in [0, 0.1) is 0 Å². The van der Waals surface area contributed by atoms with Crippen LogP contribution < -0.4 is 9.88 Å². The first-order valence-electron chi connectivity index (χ1n) is 11.1. The molecule has 3 aromatic rings. The van der Waals surface area contributed by atoms with Crippen molar-refractivity contribution in [2.75, 3.05) is 6.61 Å². The molecule has 0 aliphatic heterocycles. The summed E-state index contributed by atoms with van der Waals surface area (Å²) in [5.41, 5.74) is 4.47. The van der Waals surface area contributed by atoms with Gasteiger partial charge in [-0.25, -0.2) is 14.2 Å². The number of benzene rings is 2. The molecule has 2 aromatic carbocycles. The highest BCUT2D eigenvalue weighted by atomic mass is 16.5. The second kappa shape index (κ2) is 10.2. The van der Waals surface area contributed by atoms with Crippen LogP contribution in [0.3, 0.4) is 0 Å². The standard InChI is InChI=1S/C26H26N2O5/c29-18-8-7-15-28(16-18)14-6-5-13-24(25(30)31)27-26(32)33-17-23-21-11-3-1-9-19(21)20-10-2-4-12-22(20)23/h1-4,7-12,15-16,23-24H,5-6,13-14,17H2,(H2-,27,29,30,31,32)/p+1/t24-/m0/s1. The van der Waals surface area contributed by atoms with Crippen LogP contribution in [0.2, 0.25) is 0 Å². The first-order valence-corrected chi connectivity index (χ1v) is 11.1. The number of aromatic nitrogens is 1. The lowest BCUT2D eigenvalue weighted by atomic mass is 9.98. The van der Waals surface area contributed by atoms with Gasteiger partial charge in [-0.15, -0.1) is 0 Å². The number of unbranched alkanes of at least 4 members (excludes halogenated alkanes) is 1. The number of alkyl carbamates (subject to hydrolysis) is 1. The molecule has 7 heteroatoms.